The highest BCUT2D eigenvalue weighted by molar-refractivity contribution is 5.56. The van der Waals surface area contributed by atoms with Gasteiger partial charge >= 0.3 is 0 Å². The lowest BCUT2D eigenvalue weighted by molar-refractivity contribution is 0.248. The third kappa shape index (κ3) is 4.83. The molecule has 0 saturated heterocycles. The minimum atomic E-state index is 0.240. The molecular formula is C26H30N2O3. The van der Waals surface area contributed by atoms with E-state index in [0.29, 0.717) is 12.2 Å². The zero-order chi connectivity index (χ0) is 21.6. The van der Waals surface area contributed by atoms with Gasteiger partial charge in [-0.05, 0) is 66.3 Å². The van der Waals surface area contributed by atoms with Crippen LogP contribution in [-0.2, 0) is 25.8 Å². The predicted molar refractivity (Wildman–Crippen MR) is 122 cm³/mol. The highest BCUT2D eigenvalue weighted by Gasteiger charge is 2.24. The maximum atomic E-state index is 11.0. The topological polar surface area (TPSA) is 54.8 Å². The van der Waals surface area contributed by atoms with Gasteiger partial charge in [-0.1, -0.05) is 24.3 Å². The van der Waals surface area contributed by atoms with E-state index in [4.69, 9.17) is 9.47 Å². The quantitative estimate of drug-likeness (QED) is 0.588. The SMILES string of the molecule is COc1ccccc1Cc1c(O)c(OC)cc2c1CN(CCCc1cccnc1)CC2. The van der Waals surface area contributed by atoms with Gasteiger partial charge in [0.2, 0.25) is 0 Å². The number of benzene rings is 2. The highest BCUT2D eigenvalue weighted by atomic mass is 16.5. The van der Waals surface area contributed by atoms with Gasteiger partial charge in [-0.15, -0.1) is 0 Å². The number of aryl methyl sites for hydroxylation is 1. The summed E-state index contributed by atoms with van der Waals surface area (Å²) in [6, 6.07) is 14.1. The third-order valence-corrected chi connectivity index (χ3v) is 6.10. The molecule has 31 heavy (non-hydrogen) atoms. The Labute approximate surface area is 184 Å². The molecule has 0 aliphatic carbocycles. The average Bonchev–Trinajstić information content (AvgIpc) is 2.81. The maximum Gasteiger partial charge on any atom is 0.161 e. The molecular weight excluding hydrogens is 388 g/mol. The Balaban J connectivity index is 1.55. The predicted octanol–water partition coefficient (Wildman–Crippen LogP) is 4.39. The molecule has 1 aromatic heterocycles. The minimum absolute atomic E-state index is 0.240. The number of ether oxygens (including phenoxy) is 2. The zero-order valence-electron chi connectivity index (χ0n) is 18.3. The van der Waals surface area contributed by atoms with Gasteiger partial charge in [0.25, 0.3) is 0 Å². The minimum Gasteiger partial charge on any atom is -0.504 e. The van der Waals surface area contributed by atoms with Crippen LogP contribution in [0.2, 0.25) is 0 Å². The number of aromatic hydroxyl groups is 1. The lowest BCUT2D eigenvalue weighted by Gasteiger charge is -2.31. The van der Waals surface area contributed by atoms with E-state index in [0.717, 1.165) is 55.8 Å². The van der Waals surface area contributed by atoms with Crippen molar-refractivity contribution in [2.24, 2.45) is 0 Å². The number of hydrogen-bond acceptors (Lipinski definition) is 5. The molecule has 0 amide bonds. The summed E-state index contributed by atoms with van der Waals surface area (Å²) in [7, 11) is 3.30. The number of pyridine rings is 1. The molecule has 1 aliphatic heterocycles. The average molecular weight is 419 g/mol. The summed E-state index contributed by atoms with van der Waals surface area (Å²) in [4.78, 5) is 6.69. The van der Waals surface area contributed by atoms with Gasteiger partial charge in [0, 0.05) is 37.5 Å². The van der Waals surface area contributed by atoms with Crippen LogP contribution < -0.4 is 9.47 Å². The summed E-state index contributed by atoms with van der Waals surface area (Å²) in [6.07, 6.45) is 7.44. The number of para-hydroxylation sites is 1. The van der Waals surface area contributed by atoms with Gasteiger partial charge < -0.3 is 14.6 Å². The normalized spacial score (nSPS) is 13.6. The number of rotatable bonds is 8. The second-order valence-corrected chi connectivity index (χ2v) is 8.02. The van der Waals surface area contributed by atoms with Gasteiger partial charge in [-0.3, -0.25) is 9.88 Å². The standard InChI is InChI=1S/C26H30N2O3/c1-30-24-10-4-3-9-21(24)15-22-23-18-28(13-6-8-19-7-5-12-27-17-19)14-11-20(23)16-25(31-2)26(22)29/h3-5,7,9-10,12,16-17,29H,6,8,11,13-15,18H2,1-2H3. The molecule has 0 saturated carbocycles. The molecule has 3 aromatic rings. The van der Waals surface area contributed by atoms with Crippen LogP contribution in [0.25, 0.3) is 0 Å². The first-order valence-corrected chi connectivity index (χ1v) is 10.8. The van der Waals surface area contributed by atoms with Gasteiger partial charge in [-0.25, -0.2) is 0 Å². The van der Waals surface area contributed by atoms with E-state index in [-0.39, 0.29) is 5.75 Å². The maximum absolute atomic E-state index is 11.0. The second kappa shape index (κ2) is 9.84. The molecule has 4 rings (SSSR count). The Kier molecular flexibility index (Phi) is 6.73. The molecule has 0 atom stereocenters. The summed E-state index contributed by atoms with van der Waals surface area (Å²) in [6.45, 7) is 2.88. The lowest BCUT2D eigenvalue weighted by Crippen LogP contribution is -2.32. The van der Waals surface area contributed by atoms with E-state index in [9.17, 15) is 5.11 Å². The summed E-state index contributed by atoms with van der Waals surface area (Å²) in [5.41, 5.74) is 5.76. The highest BCUT2D eigenvalue weighted by Crippen LogP contribution is 2.39. The fourth-order valence-electron chi connectivity index (χ4n) is 4.43. The Hall–Kier alpha value is -3.05. The van der Waals surface area contributed by atoms with Crippen LogP contribution >= 0.6 is 0 Å². The molecule has 1 N–H and O–H groups in total. The Morgan fingerprint density at radius 3 is 2.68 bits per heavy atom. The third-order valence-electron chi connectivity index (χ3n) is 6.10. The molecule has 5 nitrogen and oxygen atoms in total. The first-order valence-electron chi connectivity index (χ1n) is 10.8. The summed E-state index contributed by atoms with van der Waals surface area (Å²) in [5, 5.41) is 11.0. The van der Waals surface area contributed by atoms with Gasteiger partial charge in [0.1, 0.15) is 5.75 Å². The smallest absolute Gasteiger partial charge is 0.161 e. The first kappa shape index (κ1) is 21.2. The van der Waals surface area contributed by atoms with Crippen LogP contribution in [0.5, 0.6) is 17.2 Å². The van der Waals surface area contributed by atoms with Crippen molar-refractivity contribution in [3.63, 3.8) is 0 Å². The summed E-state index contributed by atoms with van der Waals surface area (Å²) in [5.74, 6) is 1.63. The summed E-state index contributed by atoms with van der Waals surface area (Å²) < 4.78 is 11.0. The first-order chi connectivity index (χ1) is 15.2. The fraction of sp³-hybridized carbons (Fsp3) is 0.346. The number of phenols is 1. The number of hydrogen-bond donors (Lipinski definition) is 1. The van der Waals surface area contributed by atoms with Crippen molar-refractivity contribution >= 4 is 0 Å². The number of phenolic OH excluding ortho intramolecular Hbond substituents is 1. The van der Waals surface area contributed by atoms with E-state index in [1.54, 1.807) is 14.2 Å². The van der Waals surface area contributed by atoms with Gasteiger partial charge in [-0.2, -0.15) is 0 Å². The molecule has 0 fully saturated rings. The van der Waals surface area contributed by atoms with Crippen molar-refractivity contribution in [1.82, 2.24) is 9.88 Å². The second-order valence-electron chi connectivity index (χ2n) is 8.02. The van der Waals surface area contributed by atoms with Crippen LogP contribution in [0.3, 0.4) is 0 Å². The van der Waals surface area contributed by atoms with Crippen LogP contribution in [0.15, 0.2) is 54.9 Å². The summed E-state index contributed by atoms with van der Waals surface area (Å²) >= 11 is 0. The molecule has 0 spiro atoms. The van der Waals surface area contributed by atoms with Crippen molar-refractivity contribution in [2.45, 2.75) is 32.2 Å². The van der Waals surface area contributed by atoms with E-state index < -0.39 is 0 Å². The van der Waals surface area contributed by atoms with Gasteiger partial charge in [0.15, 0.2) is 11.5 Å². The Morgan fingerprint density at radius 2 is 1.90 bits per heavy atom. The van der Waals surface area contributed by atoms with Crippen molar-refractivity contribution in [2.75, 3.05) is 27.3 Å². The molecule has 2 heterocycles. The Bertz CT molecular complexity index is 1020. The lowest BCUT2D eigenvalue weighted by atomic mass is 9.89. The number of methoxy groups -OCH3 is 2. The fourth-order valence-corrected chi connectivity index (χ4v) is 4.43. The van der Waals surface area contributed by atoms with Crippen molar-refractivity contribution in [3.8, 4) is 17.2 Å². The molecule has 0 radical (unpaired) electrons. The van der Waals surface area contributed by atoms with Crippen molar-refractivity contribution < 1.29 is 14.6 Å². The molecule has 0 unspecified atom stereocenters. The molecule has 5 heteroatoms. The van der Waals surface area contributed by atoms with Crippen LogP contribution in [0, 0.1) is 0 Å². The Morgan fingerprint density at radius 1 is 1.06 bits per heavy atom. The monoisotopic (exact) mass is 418 g/mol. The van der Waals surface area contributed by atoms with E-state index in [2.05, 4.69) is 22.0 Å². The zero-order valence-corrected chi connectivity index (χ0v) is 18.3. The molecule has 2 aromatic carbocycles. The van der Waals surface area contributed by atoms with Crippen molar-refractivity contribution in [1.29, 1.82) is 0 Å². The number of nitrogens with zero attached hydrogens (tertiary/aromatic N) is 2. The van der Waals surface area contributed by atoms with Crippen LogP contribution in [-0.4, -0.2) is 42.3 Å². The number of aromatic nitrogens is 1. The molecule has 1 aliphatic rings. The largest absolute Gasteiger partial charge is 0.504 e. The molecule has 0 bridgehead atoms. The van der Waals surface area contributed by atoms with Crippen molar-refractivity contribution in [3.05, 3.63) is 82.7 Å². The number of fused-ring (bicyclic) bond motifs is 1. The van der Waals surface area contributed by atoms with E-state index in [1.807, 2.05) is 42.7 Å². The van der Waals surface area contributed by atoms with E-state index in [1.165, 1.54) is 16.7 Å². The molecule has 162 valence electrons. The van der Waals surface area contributed by atoms with Gasteiger partial charge in [0.05, 0.1) is 14.2 Å². The van der Waals surface area contributed by atoms with Crippen LogP contribution in [0.1, 0.15) is 34.2 Å². The van der Waals surface area contributed by atoms with E-state index >= 15 is 0 Å². The van der Waals surface area contributed by atoms with Crippen LogP contribution in [0.4, 0.5) is 0 Å².